The molecule has 0 amide bonds. The summed E-state index contributed by atoms with van der Waals surface area (Å²) in [6.45, 7) is 16.1. The standard InChI is InChI=1S/C21H40N6.HI/c1-5-22-21(24-12-8-14-27-20(4)17-19(3)25-27)23-11-6-7-13-26-15-9-18(2)10-16-26;/h17-18H,5-16H2,1-4H3,(H2,22,23,24);1H. The van der Waals surface area contributed by atoms with Crippen LogP contribution in [0.4, 0.5) is 0 Å². The maximum Gasteiger partial charge on any atom is 0.191 e. The molecule has 0 radical (unpaired) electrons. The van der Waals surface area contributed by atoms with Crippen molar-refractivity contribution in [2.45, 2.75) is 66.3 Å². The van der Waals surface area contributed by atoms with Crippen molar-refractivity contribution in [1.82, 2.24) is 25.3 Å². The molecule has 0 unspecified atom stereocenters. The highest BCUT2D eigenvalue weighted by molar-refractivity contribution is 14.0. The predicted molar refractivity (Wildman–Crippen MR) is 130 cm³/mol. The molecule has 2 heterocycles. The van der Waals surface area contributed by atoms with E-state index in [9.17, 15) is 0 Å². The number of halogens is 1. The van der Waals surface area contributed by atoms with E-state index in [4.69, 9.17) is 4.99 Å². The summed E-state index contributed by atoms with van der Waals surface area (Å²) >= 11 is 0. The van der Waals surface area contributed by atoms with Crippen molar-refractivity contribution in [2.24, 2.45) is 10.9 Å². The Morgan fingerprint density at radius 2 is 1.89 bits per heavy atom. The van der Waals surface area contributed by atoms with Crippen LogP contribution in [0.25, 0.3) is 0 Å². The topological polar surface area (TPSA) is 57.5 Å². The van der Waals surface area contributed by atoms with Crippen molar-refractivity contribution < 1.29 is 0 Å². The number of rotatable bonds is 10. The van der Waals surface area contributed by atoms with Gasteiger partial charge in [-0.05, 0) is 84.5 Å². The molecule has 0 aliphatic carbocycles. The van der Waals surface area contributed by atoms with E-state index < -0.39 is 0 Å². The quantitative estimate of drug-likeness (QED) is 0.222. The van der Waals surface area contributed by atoms with Gasteiger partial charge in [0, 0.05) is 31.9 Å². The van der Waals surface area contributed by atoms with Crippen LogP contribution in [0.15, 0.2) is 11.1 Å². The molecule has 1 aliphatic heterocycles. The predicted octanol–water partition coefficient (Wildman–Crippen LogP) is 3.58. The number of aliphatic imine (C=N–C) groups is 1. The zero-order chi connectivity index (χ0) is 19.5. The highest BCUT2D eigenvalue weighted by Crippen LogP contribution is 2.16. The average molecular weight is 505 g/mol. The number of aryl methyl sites for hydroxylation is 3. The van der Waals surface area contributed by atoms with Crippen LogP contribution in [0.3, 0.4) is 0 Å². The van der Waals surface area contributed by atoms with Crippen LogP contribution < -0.4 is 10.6 Å². The zero-order valence-corrected chi connectivity index (χ0v) is 20.7. The number of guanidine groups is 1. The molecule has 0 aromatic carbocycles. The molecule has 0 spiro atoms. The first-order valence-electron chi connectivity index (χ1n) is 10.8. The van der Waals surface area contributed by atoms with E-state index in [-0.39, 0.29) is 24.0 Å². The lowest BCUT2D eigenvalue weighted by Gasteiger charge is -2.30. The molecule has 7 heteroatoms. The summed E-state index contributed by atoms with van der Waals surface area (Å²) in [5.74, 6) is 1.86. The van der Waals surface area contributed by atoms with Gasteiger partial charge in [-0.15, -0.1) is 24.0 Å². The van der Waals surface area contributed by atoms with Gasteiger partial charge in [0.25, 0.3) is 0 Å². The second-order valence-electron chi connectivity index (χ2n) is 7.92. The van der Waals surface area contributed by atoms with Gasteiger partial charge in [0.05, 0.1) is 5.69 Å². The smallest absolute Gasteiger partial charge is 0.191 e. The molecule has 6 nitrogen and oxygen atoms in total. The van der Waals surface area contributed by atoms with Gasteiger partial charge >= 0.3 is 0 Å². The van der Waals surface area contributed by atoms with E-state index in [1.807, 2.05) is 6.92 Å². The second-order valence-corrected chi connectivity index (χ2v) is 7.92. The summed E-state index contributed by atoms with van der Waals surface area (Å²) in [4.78, 5) is 7.33. The van der Waals surface area contributed by atoms with E-state index >= 15 is 0 Å². The fourth-order valence-corrected chi connectivity index (χ4v) is 3.61. The van der Waals surface area contributed by atoms with Gasteiger partial charge in [-0.1, -0.05) is 6.92 Å². The van der Waals surface area contributed by atoms with Gasteiger partial charge in [0.15, 0.2) is 5.96 Å². The van der Waals surface area contributed by atoms with Crippen LogP contribution in [0.2, 0.25) is 0 Å². The molecular weight excluding hydrogens is 463 g/mol. The van der Waals surface area contributed by atoms with Crippen LogP contribution in [0.1, 0.15) is 57.3 Å². The molecule has 0 atom stereocenters. The highest BCUT2D eigenvalue weighted by Gasteiger charge is 2.14. The van der Waals surface area contributed by atoms with Crippen molar-refractivity contribution >= 4 is 29.9 Å². The summed E-state index contributed by atoms with van der Waals surface area (Å²) in [5.41, 5.74) is 2.31. The molecule has 2 rings (SSSR count). The number of aromatic nitrogens is 2. The largest absolute Gasteiger partial charge is 0.357 e. The maximum atomic E-state index is 4.70. The summed E-state index contributed by atoms with van der Waals surface area (Å²) in [6, 6.07) is 2.12. The van der Waals surface area contributed by atoms with Gasteiger partial charge in [-0.3, -0.25) is 9.67 Å². The number of unbranched alkanes of at least 4 members (excludes halogenated alkanes) is 1. The Bertz CT molecular complexity index is 563. The Labute approximate surface area is 189 Å². The lowest BCUT2D eigenvalue weighted by molar-refractivity contribution is 0.189. The number of hydrogen-bond acceptors (Lipinski definition) is 3. The molecule has 162 valence electrons. The lowest BCUT2D eigenvalue weighted by Crippen LogP contribution is -2.38. The summed E-state index contributed by atoms with van der Waals surface area (Å²) < 4.78 is 2.08. The van der Waals surface area contributed by atoms with Crippen LogP contribution >= 0.6 is 24.0 Å². The molecule has 28 heavy (non-hydrogen) atoms. The Balaban J connectivity index is 0.00000392. The van der Waals surface area contributed by atoms with Crippen molar-refractivity contribution in [1.29, 1.82) is 0 Å². The van der Waals surface area contributed by atoms with E-state index in [1.54, 1.807) is 0 Å². The number of likely N-dealkylation sites (tertiary alicyclic amines) is 1. The number of nitrogens with one attached hydrogen (secondary N) is 2. The molecule has 2 N–H and O–H groups in total. The first-order valence-corrected chi connectivity index (χ1v) is 10.8. The summed E-state index contributed by atoms with van der Waals surface area (Å²) in [7, 11) is 0. The number of nitrogens with zero attached hydrogens (tertiary/aromatic N) is 4. The van der Waals surface area contributed by atoms with E-state index in [1.165, 1.54) is 51.0 Å². The number of hydrogen-bond donors (Lipinski definition) is 2. The molecular formula is C21H41IN6. The van der Waals surface area contributed by atoms with Crippen molar-refractivity contribution in [3.63, 3.8) is 0 Å². The first-order chi connectivity index (χ1) is 13.1. The molecule has 1 fully saturated rings. The normalized spacial score (nSPS) is 16.1. The first kappa shape index (κ1) is 25.2. The minimum absolute atomic E-state index is 0. The van der Waals surface area contributed by atoms with E-state index in [0.717, 1.165) is 50.2 Å². The minimum Gasteiger partial charge on any atom is -0.357 e. The van der Waals surface area contributed by atoms with Gasteiger partial charge in [-0.2, -0.15) is 5.10 Å². The SMILES string of the molecule is CCNC(=NCCCn1nc(C)cc1C)NCCCCN1CCC(C)CC1.I. The molecule has 1 aromatic rings. The third kappa shape index (κ3) is 9.58. The van der Waals surface area contributed by atoms with Gasteiger partial charge in [-0.25, -0.2) is 0 Å². The van der Waals surface area contributed by atoms with E-state index in [2.05, 4.69) is 52.2 Å². The third-order valence-corrected chi connectivity index (χ3v) is 5.32. The van der Waals surface area contributed by atoms with Crippen LogP contribution in [-0.2, 0) is 6.54 Å². The molecule has 0 saturated carbocycles. The Morgan fingerprint density at radius 3 is 2.54 bits per heavy atom. The van der Waals surface area contributed by atoms with Crippen LogP contribution in [0, 0.1) is 19.8 Å². The Kier molecular flexibility index (Phi) is 12.8. The maximum absolute atomic E-state index is 4.70. The minimum atomic E-state index is 0. The van der Waals surface area contributed by atoms with Gasteiger partial charge in [0.1, 0.15) is 0 Å². The fraction of sp³-hybridized carbons (Fsp3) is 0.810. The third-order valence-electron chi connectivity index (χ3n) is 5.32. The van der Waals surface area contributed by atoms with Crippen LogP contribution in [-0.4, -0.2) is 59.9 Å². The molecule has 1 saturated heterocycles. The van der Waals surface area contributed by atoms with Gasteiger partial charge in [0.2, 0.25) is 0 Å². The summed E-state index contributed by atoms with van der Waals surface area (Å²) in [6.07, 6.45) is 6.20. The van der Waals surface area contributed by atoms with Crippen LogP contribution in [0.5, 0.6) is 0 Å². The Morgan fingerprint density at radius 1 is 1.14 bits per heavy atom. The van der Waals surface area contributed by atoms with E-state index in [0.29, 0.717) is 0 Å². The fourth-order valence-electron chi connectivity index (χ4n) is 3.61. The second kappa shape index (κ2) is 14.2. The molecule has 0 bridgehead atoms. The summed E-state index contributed by atoms with van der Waals surface area (Å²) in [5, 5.41) is 11.3. The zero-order valence-electron chi connectivity index (χ0n) is 18.3. The highest BCUT2D eigenvalue weighted by atomic mass is 127. The monoisotopic (exact) mass is 504 g/mol. The van der Waals surface area contributed by atoms with Crippen molar-refractivity contribution in [3.8, 4) is 0 Å². The van der Waals surface area contributed by atoms with Crippen molar-refractivity contribution in [3.05, 3.63) is 17.5 Å². The lowest BCUT2D eigenvalue weighted by atomic mass is 9.99. The Hall–Kier alpha value is -0.830. The molecule has 1 aromatic heterocycles. The average Bonchev–Trinajstić information content (AvgIpc) is 2.97. The molecule has 1 aliphatic rings. The van der Waals surface area contributed by atoms with Gasteiger partial charge < -0.3 is 15.5 Å². The number of piperidine rings is 1. The van der Waals surface area contributed by atoms with Crippen molar-refractivity contribution in [2.75, 3.05) is 39.3 Å².